The molecule has 10 nitrogen and oxygen atoms in total. The Morgan fingerprint density at radius 3 is 2.32 bits per heavy atom. The monoisotopic (exact) mass is 665 g/mol. The molecule has 1 aliphatic heterocycles. The predicted octanol–water partition coefficient (Wildman–Crippen LogP) is 5.35. The van der Waals surface area contributed by atoms with E-state index in [1.807, 2.05) is 27.7 Å². The number of pyridine rings is 1. The Labute approximate surface area is 271 Å². The van der Waals surface area contributed by atoms with Gasteiger partial charge in [-0.15, -0.1) is 0 Å². The molecule has 1 fully saturated rings. The minimum atomic E-state index is -3.99. The van der Waals surface area contributed by atoms with Gasteiger partial charge < -0.3 is 14.9 Å². The van der Waals surface area contributed by atoms with Gasteiger partial charge in [0.15, 0.2) is 21.3 Å². The van der Waals surface area contributed by atoms with E-state index in [0.717, 1.165) is 16.7 Å². The van der Waals surface area contributed by atoms with E-state index in [-0.39, 0.29) is 64.4 Å². The number of rotatable bonds is 7. The number of fused-ring (bicyclic) bond motifs is 1. The minimum absolute atomic E-state index is 0.0101. The van der Waals surface area contributed by atoms with E-state index < -0.39 is 49.4 Å². The van der Waals surface area contributed by atoms with Gasteiger partial charge in [0.25, 0.3) is 0 Å². The third kappa shape index (κ3) is 5.77. The summed E-state index contributed by atoms with van der Waals surface area (Å²) in [6.07, 6.45) is 1.22. The van der Waals surface area contributed by atoms with Gasteiger partial charge in [-0.3, -0.25) is 4.79 Å². The summed E-state index contributed by atoms with van der Waals surface area (Å²) in [5.41, 5.74) is -1.67. The maximum absolute atomic E-state index is 16.1. The lowest BCUT2D eigenvalue weighted by atomic mass is 10.0. The molecule has 47 heavy (non-hydrogen) atoms. The molecule has 0 spiro atoms. The highest BCUT2D eigenvalue weighted by Crippen LogP contribution is 2.38. The Morgan fingerprint density at radius 1 is 1.02 bits per heavy atom. The number of carbonyl (C=O) groups is 1. The van der Waals surface area contributed by atoms with Crippen LogP contribution in [0.15, 0.2) is 64.8 Å². The van der Waals surface area contributed by atoms with Crippen molar-refractivity contribution in [2.75, 3.05) is 18.0 Å². The van der Waals surface area contributed by atoms with Gasteiger partial charge in [0.1, 0.15) is 23.1 Å². The first kappa shape index (κ1) is 33.7. The SMILES string of the molecule is C=CC(=O)N1C[C@H](C)N(c2nc(=O)n(-c3c(C(C)C)cccc3S(=O)(=O)C(C)C)c3nc(-c4c(O)cccc4F)c(F)cc23)C[C@H]1C. The number of amides is 1. The van der Waals surface area contributed by atoms with E-state index in [1.165, 1.54) is 38.1 Å². The van der Waals surface area contributed by atoms with Gasteiger partial charge in [0.05, 0.1) is 26.8 Å². The number of aromatic nitrogens is 3. The molecule has 0 unspecified atom stereocenters. The van der Waals surface area contributed by atoms with Crippen LogP contribution in [0.4, 0.5) is 14.6 Å². The number of anilines is 1. The molecular weight excluding hydrogens is 628 g/mol. The Kier molecular flexibility index (Phi) is 8.97. The van der Waals surface area contributed by atoms with Gasteiger partial charge in [-0.05, 0) is 69.5 Å². The summed E-state index contributed by atoms with van der Waals surface area (Å²) >= 11 is 0. The van der Waals surface area contributed by atoms with Crippen molar-refractivity contribution in [3.8, 4) is 22.7 Å². The number of carbonyl (C=O) groups excluding carboxylic acids is 1. The molecule has 1 saturated heterocycles. The molecule has 4 aromatic rings. The molecule has 13 heteroatoms. The zero-order chi connectivity index (χ0) is 34.5. The summed E-state index contributed by atoms with van der Waals surface area (Å²) in [6, 6.07) is 8.50. The number of halogens is 2. The van der Waals surface area contributed by atoms with Crippen molar-refractivity contribution in [1.82, 2.24) is 19.4 Å². The molecule has 2 aromatic carbocycles. The molecule has 248 valence electrons. The fraction of sp³-hybridized carbons (Fsp3) is 0.353. The molecule has 1 amide bonds. The summed E-state index contributed by atoms with van der Waals surface area (Å²) in [7, 11) is -3.99. The van der Waals surface area contributed by atoms with Crippen LogP contribution in [0, 0.1) is 11.6 Å². The van der Waals surface area contributed by atoms with E-state index in [0.29, 0.717) is 5.56 Å². The highest BCUT2D eigenvalue weighted by Gasteiger charge is 2.35. The van der Waals surface area contributed by atoms with Crippen LogP contribution in [0.25, 0.3) is 28.0 Å². The largest absolute Gasteiger partial charge is 0.507 e. The quantitative estimate of drug-likeness (QED) is 0.262. The number of piperazine rings is 1. The minimum Gasteiger partial charge on any atom is -0.507 e. The Hall–Kier alpha value is -4.65. The molecule has 5 rings (SSSR count). The van der Waals surface area contributed by atoms with Crippen LogP contribution in [0.3, 0.4) is 0 Å². The normalized spacial score (nSPS) is 17.1. The zero-order valence-corrected chi connectivity index (χ0v) is 27.8. The fourth-order valence-electron chi connectivity index (χ4n) is 6.02. The van der Waals surface area contributed by atoms with Crippen LogP contribution in [-0.4, -0.2) is 69.3 Å². The van der Waals surface area contributed by atoms with Crippen molar-refractivity contribution in [2.24, 2.45) is 0 Å². The lowest BCUT2D eigenvalue weighted by molar-refractivity contribution is -0.128. The maximum atomic E-state index is 16.1. The Morgan fingerprint density at radius 2 is 1.70 bits per heavy atom. The first-order valence-electron chi connectivity index (χ1n) is 15.3. The average molecular weight is 666 g/mol. The Balaban J connectivity index is 1.92. The maximum Gasteiger partial charge on any atom is 0.355 e. The smallest absolute Gasteiger partial charge is 0.355 e. The van der Waals surface area contributed by atoms with Gasteiger partial charge in [0.2, 0.25) is 5.91 Å². The number of para-hydroxylation sites is 1. The molecule has 2 atom stereocenters. The highest BCUT2D eigenvalue weighted by atomic mass is 32.2. The number of hydrogen-bond acceptors (Lipinski definition) is 8. The average Bonchev–Trinajstić information content (AvgIpc) is 3.01. The molecule has 0 saturated carbocycles. The molecule has 0 aliphatic carbocycles. The second kappa shape index (κ2) is 12.5. The van der Waals surface area contributed by atoms with E-state index >= 15 is 8.78 Å². The lowest BCUT2D eigenvalue weighted by Gasteiger charge is -2.44. The van der Waals surface area contributed by atoms with Crippen molar-refractivity contribution in [3.05, 3.63) is 82.8 Å². The standard InChI is InChI=1S/C34H37F2N5O5S/c1-8-28(43)39-16-21(7)40(17-20(39)6)32-23-15-25(36)30(29-24(35)12-10-13-26(29)42)37-33(23)41(34(44)38-32)31-22(18(2)3)11-9-14-27(31)47(45,46)19(4)5/h8-15,18-21,42H,1,16-17H2,2-7H3/t20-,21+/m1/s1. The summed E-state index contributed by atoms with van der Waals surface area (Å²) in [4.78, 5) is 39.0. The van der Waals surface area contributed by atoms with Crippen molar-refractivity contribution < 1.29 is 27.1 Å². The highest BCUT2D eigenvalue weighted by molar-refractivity contribution is 7.92. The third-order valence-corrected chi connectivity index (χ3v) is 10.7. The van der Waals surface area contributed by atoms with Gasteiger partial charge in [-0.25, -0.2) is 31.5 Å². The van der Waals surface area contributed by atoms with Gasteiger partial charge in [0, 0.05) is 25.2 Å². The van der Waals surface area contributed by atoms with Crippen LogP contribution >= 0.6 is 0 Å². The second-order valence-corrected chi connectivity index (χ2v) is 14.8. The van der Waals surface area contributed by atoms with Crippen LogP contribution < -0.4 is 10.6 Å². The van der Waals surface area contributed by atoms with Crippen molar-refractivity contribution in [1.29, 1.82) is 0 Å². The van der Waals surface area contributed by atoms with E-state index in [2.05, 4.69) is 16.5 Å². The summed E-state index contributed by atoms with van der Waals surface area (Å²) in [6.45, 7) is 14.4. The molecule has 0 bridgehead atoms. The van der Waals surface area contributed by atoms with E-state index in [4.69, 9.17) is 0 Å². The van der Waals surface area contributed by atoms with E-state index in [1.54, 1.807) is 21.9 Å². The molecule has 3 heterocycles. The van der Waals surface area contributed by atoms with Crippen molar-refractivity contribution >= 4 is 32.6 Å². The summed E-state index contributed by atoms with van der Waals surface area (Å²) < 4.78 is 59.7. The third-order valence-electron chi connectivity index (χ3n) is 8.55. The van der Waals surface area contributed by atoms with Crippen molar-refractivity contribution in [2.45, 2.75) is 69.7 Å². The van der Waals surface area contributed by atoms with Gasteiger partial charge >= 0.3 is 5.69 Å². The number of phenolic OH excluding ortho intramolecular Hbond substituents is 1. The second-order valence-electron chi connectivity index (χ2n) is 12.4. The molecule has 1 aliphatic rings. The first-order chi connectivity index (χ1) is 22.1. The number of hydrogen-bond donors (Lipinski definition) is 1. The van der Waals surface area contributed by atoms with E-state index in [9.17, 15) is 23.1 Å². The van der Waals surface area contributed by atoms with Crippen LogP contribution in [0.5, 0.6) is 5.75 Å². The zero-order valence-electron chi connectivity index (χ0n) is 27.0. The number of aromatic hydroxyl groups is 1. The first-order valence-corrected chi connectivity index (χ1v) is 16.8. The van der Waals surface area contributed by atoms with Crippen LogP contribution in [-0.2, 0) is 14.6 Å². The van der Waals surface area contributed by atoms with Gasteiger partial charge in [-0.1, -0.05) is 38.6 Å². The Bertz CT molecular complexity index is 2060. The van der Waals surface area contributed by atoms with Crippen LogP contribution in [0.1, 0.15) is 53.0 Å². The van der Waals surface area contributed by atoms with Crippen molar-refractivity contribution in [3.63, 3.8) is 0 Å². The molecule has 1 N–H and O–H groups in total. The predicted molar refractivity (Wildman–Crippen MR) is 177 cm³/mol. The molecular formula is C34H37F2N5O5S. The van der Waals surface area contributed by atoms with Crippen LogP contribution in [0.2, 0.25) is 0 Å². The number of nitrogens with zero attached hydrogens (tertiary/aromatic N) is 5. The molecule has 2 aromatic heterocycles. The number of benzene rings is 2. The van der Waals surface area contributed by atoms with Gasteiger partial charge in [-0.2, -0.15) is 4.98 Å². The lowest BCUT2D eigenvalue weighted by Crippen LogP contribution is -2.58. The number of sulfone groups is 1. The summed E-state index contributed by atoms with van der Waals surface area (Å²) in [5.74, 6) is -2.99. The topological polar surface area (TPSA) is 126 Å². The molecule has 0 radical (unpaired) electrons. The fourth-order valence-corrected chi connectivity index (χ4v) is 7.28. The number of phenols is 1. The summed E-state index contributed by atoms with van der Waals surface area (Å²) in [5, 5.41) is 9.77.